The minimum atomic E-state index is 0.101. The van der Waals surface area contributed by atoms with E-state index in [4.69, 9.17) is 4.42 Å². The molecule has 0 bridgehead atoms. The third-order valence-electron chi connectivity index (χ3n) is 4.47. The van der Waals surface area contributed by atoms with Crippen LogP contribution in [0.2, 0.25) is 0 Å². The minimum Gasteiger partial charge on any atom is -0.464 e. The first kappa shape index (κ1) is 14.2. The smallest absolute Gasteiger partial charge is 0.224 e. The number of hydrogen-bond acceptors (Lipinski definition) is 2. The quantitative estimate of drug-likeness (QED) is 0.923. The highest BCUT2D eigenvalue weighted by Gasteiger charge is 2.15. The van der Waals surface area contributed by atoms with Crippen LogP contribution >= 0.6 is 0 Å². The number of amides is 1. The van der Waals surface area contributed by atoms with Crippen molar-refractivity contribution in [3.63, 3.8) is 0 Å². The predicted octanol–water partition coefficient (Wildman–Crippen LogP) is 3.98. The largest absolute Gasteiger partial charge is 0.464 e. The summed E-state index contributed by atoms with van der Waals surface area (Å²) in [5.41, 5.74) is 3.02. The Balaban J connectivity index is 1.58. The van der Waals surface area contributed by atoms with Crippen molar-refractivity contribution in [1.29, 1.82) is 0 Å². The zero-order valence-electron chi connectivity index (χ0n) is 12.7. The summed E-state index contributed by atoms with van der Waals surface area (Å²) in [5, 5.41) is 4.14. The molecule has 0 atom stereocenters. The molecule has 3 rings (SSSR count). The van der Waals surface area contributed by atoms with E-state index in [9.17, 15) is 4.79 Å². The average Bonchev–Trinajstić information content (AvgIpc) is 2.88. The molecule has 0 radical (unpaired) electrons. The van der Waals surface area contributed by atoms with Crippen molar-refractivity contribution in [1.82, 2.24) is 5.32 Å². The fraction of sp³-hybridized carbons (Fsp3) is 0.500. The van der Waals surface area contributed by atoms with Gasteiger partial charge in [-0.05, 0) is 37.3 Å². The number of hydrogen-bond donors (Lipinski definition) is 1. The maximum Gasteiger partial charge on any atom is 0.224 e. The van der Waals surface area contributed by atoms with E-state index in [0.29, 0.717) is 12.3 Å². The second kappa shape index (κ2) is 6.33. The summed E-state index contributed by atoms with van der Waals surface area (Å²) in [5.74, 6) is 0.773. The van der Waals surface area contributed by atoms with Crippen molar-refractivity contribution in [3.8, 4) is 0 Å². The summed E-state index contributed by atoms with van der Waals surface area (Å²) in [6.45, 7) is 2.87. The molecule has 112 valence electrons. The van der Waals surface area contributed by atoms with Crippen molar-refractivity contribution in [2.24, 2.45) is 5.92 Å². The van der Waals surface area contributed by atoms with Crippen molar-refractivity contribution >= 4 is 16.9 Å². The number of fused-ring (bicyclic) bond motifs is 1. The van der Waals surface area contributed by atoms with Gasteiger partial charge in [0.1, 0.15) is 5.58 Å². The standard InChI is InChI=1S/C18H23NO2/c1-13-7-8-16-15(12-21-17(16)9-13)10-18(20)19-11-14-5-3-2-4-6-14/h7-9,12,14H,2-6,10-11H2,1H3,(H,19,20). The summed E-state index contributed by atoms with van der Waals surface area (Å²) in [6, 6.07) is 6.11. The first-order chi connectivity index (χ1) is 10.2. The molecular formula is C18H23NO2. The maximum atomic E-state index is 12.1. The molecule has 1 heterocycles. The molecule has 3 nitrogen and oxygen atoms in total. The van der Waals surface area contributed by atoms with Crippen LogP contribution in [0.4, 0.5) is 0 Å². The van der Waals surface area contributed by atoms with E-state index < -0.39 is 0 Å². The molecule has 1 aliphatic carbocycles. The second-order valence-corrected chi connectivity index (χ2v) is 6.25. The number of carbonyl (C=O) groups excluding carboxylic acids is 1. The predicted molar refractivity (Wildman–Crippen MR) is 84.2 cm³/mol. The third-order valence-corrected chi connectivity index (χ3v) is 4.47. The van der Waals surface area contributed by atoms with Gasteiger partial charge in [-0.15, -0.1) is 0 Å². The number of aryl methyl sites for hydroxylation is 1. The highest BCUT2D eigenvalue weighted by atomic mass is 16.3. The molecule has 0 unspecified atom stereocenters. The summed E-state index contributed by atoms with van der Waals surface area (Å²) >= 11 is 0. The van der Waals surface area contributed by atoms with Gasteiger partial charge in [-0.2, -0.15) is 0 Å². The Hall–Kier alpha value is -1.77. The van der Waals surface area contributed by atoms with Gasteiger partial charge in [-0.1, -0.05) is 31.4 Å². The molecule has 1 aliphatic rings. The van der Waals surface area contributed by atoms with E-state index in [2.05, 4.69) is 11.4 Å². The molecule has 3 heteroatoms. The van der Waals surface area contributed by atoms with Crippen LogP contribution in [0.15, 0.2) is 28.9 Å². The Morgan fingerprint density at radius 3 is 2.90 bits per heavy atom. The zero-order chi connectivity index (χ0) is 14.7. The summed E-state index contributed by atoms with van der Waals surface area (Å²) in [4.78, 5) is 12.1. The van der Waals surface area contributed by atoms with Crippen molar-refractivity contribution in [2.45, 2.75) is 45.4 Å². The summed E-state index contributed by atoms with van der Waals surface area (Å²) in [6.07, 6.45) is 8.61. The summed E-state index contributed by atoms with van der Waals surface area (Å²) < 4.78 is 5.55. The Morgan fingerprint density at radius 2 is 2.10 bits per heavy atom. The first-order valence-electron chi connectivity index (χ1n) is 7.96. The normalized spacial score (nSPS) is 16.2. The van der Waals surface area contributed by atoms with Crippen LogP contribution in [-0.2, 0) is 11.2 Å². The monoisotopic (exact) mass is 285 g/mol. The lowest BCUT2D eigenvalue weighted by molar-refractivity contribution is -0.120. The van der Waals surface area contributed by atoms with Gasteiger partial charge in [-0.3, -0.25) is 4.79 Å². The molecule has 0 saturated heterocycles. The topological polar surface area (TPSA) is 42.2 Å². The Morgan fingerprint density at radius 1 is 1.29 bits per heavy atom. The molecule has 1 N–H and O–H groups in total. The molecule has 21 heavy (non-hydrogen) atoms. The molecule has 2 aromatic rings. The van der Waals surface area contributed by atoms with Crippen molar-refractivity contribution < 1.29 is 9.21 Å². The van der Waals surface area contributed by atoms with E-state index in [1.54, 1.807) is 6.26 Å². The Kier molecular flexibility index (Phi) is 4.28. The second-order valence-electron chi connectivity index (χ2n) is 6.25. The minimum absolute atomic E-state index is 0.101. The molecule has 1 amide bonds. The lowest BCUT2D eigenvalue weighted by atomic mass is 9.89. The molecule has 1 aromatic carbocycles. The van der Waals surface area contributed by atoms with Gasteiger partial charge in [0.15, 0.2) is 0 Å². The van der Waals surface area contributed by atoms with Crippen molar-refractivity contribution in [3.05, 3.63) is 35.6 Å². The first-order valence-corrected chi connectivity index (χ1v) is 7.96. The highest BCUT2D eigenvalue weighted by molar-refractivity contribution is 5.87. The average molecular weight is 285 g/mol. The fourth-order valence-electron chi connectivity index (χ4n) is 3.21. The van der Waals surface area contributed by atoms with Crippen LogP contribution in [0.1, 0.15) is 43.2 Å². The van der Waals surface area contributed by atoms with Crippen LogP contribution in [0.25, 0.3) is 11.0 Å². The number of carbonyl (C=O) groups is 1. The van der Waals surface area contributed by atoms with Gasteiger partial charge in [0.2, 0.25) is 5.91 Å². The van der Waals surface area contributed by atoms with Crippen LogP contribution in [0.3, 0.4) is 0 Å². The van der Waals surface area contributed by atoms with E-state index in [1.807, 2.05) is 19.1 Å². The van der Waals surface area contributed by atoms with E-state index in [0.717, 1.165) is 23.1 Å². The number of benzene rings is 1. The van der Waals surface area contributed by atoms with Gasteiger partial charge < -0.3 is 9.73 Å². The van der Waals surface area contributed by atoms with Gasteiger partial charge >= 0.3 is 0 Å². The lowest BCUT2D eigenvalue weighted by Crippen LogP contribution is -2.31. The molecule has 1 fully saturated rings. The summed E-state index contributed by atoms with van der Waals surface area (Å²) in [7, 11) is 0. The van der Waals surface area contributed by atoms with Gasteiger partial charge in [0, 0.05) is 17.5 Å². The zero-order valence-corrected chi connectivity index (χ0v) is 12.7. The van der Waals surface area contributed by atoms with E-state index in [1.165, 1.54) is 37.7 Å². The van der Waals surface area contributed by atoms with Crippen LogP contribution in [0.5, 0.6) is 0 Å². The number of furan rings is 1. The lowest BCUT2D eigenvalue weighted by Gasteiger charge is -2.21. The van der Waals surface area contributed by atoms with Crippen LogP contribution < -0.4 is 5.32 Å². The van der Waals surface area contributed by atoms with Gasteiger partial charge in [0.25, 0.3) is 0 Å². The molecule has 1 saturated carbocycles. The van der Waals surface area contributed by atoms with Crippen LogP contribution in [-0.4, -0.2) is 12.5 Å². The Labute approximate surface area is 125 Å². The maximum absolute atomic E-state index is 12.1. The number of rotatable bonds is 4. The van der Waals surface area contributed by atoms with Crippen LogP contribution in [0, 0.1) is 12.8 Å². The third kappa shape index (κ3) is 3.46. The van der Waals surface area contributed by atoms with Gasteiger partial charge in [-0.25, -0.2) is 0 Å². The number of nitrogens with one attached hydrogen (secondary N) is 1. The highest BCUT2D eigenvalue weighted by Crippen LogP contribution is 2.24. The van der Waals surface area contributed by atoms with E-state index >= 15 is 0 Å². The molecule has 1 aromatic heterocycles. The molecule has 0 spiro atoms. The van der Waals surface area contributed by atoms with E-state index in [-0.39, 0.29) is 5.91 Å². The Bertz CT molecular complexity index is 623. The molecule has 0 aliphatic heterocycles. The van der Waals surface area contributed by atoms with Crippen molar-refractivity contribution in [2.75, 3.05) is 6.54 Å². The molecular weight excluding hydrogens is 262 g/mol. The SMILES string of the molecule is Cc1ccc2c(CC(=O)NCC3CCCCC3)coc2c1. The van der Waals surface area contributed by atoms with Gasteiger partial charge in [0.05, 0.1) is 12.7 Å². The fourth-order valence-corrected chi connectivity index (χ4v) is 3.21.